The van der Waals surface area contributed by atoms with E-state index in [1.165, 1.54) is 0 Å². The largest absolute Gasteiger partial charge is 0.484 e. The van der Waals surface area contributed by atoms with Crippen LogP contribution in [0.4, 0.5) is 0 Å². The summed E-state index contributed by atoms with van der Waals surface area (Å²) >= 11 is 5.79. The Bertz CT molecular complexity index is 464. The second-order valence-corrected chi connectivity index (χ2v) is 4.81. The van der Waals surface area contributed by atoms with E-state index in [0.29, 0.717) is 17.2 Å². The Hall–Kier alpha value is -1.75. The van der Waals surface area contributed by atoms with Gasteiger partial charge in [-0.1, -0.05) is 31.0 Å². The van der Waals surface area contributed by atoms with Gasteiger partial charge in [0.15, 0.2) is 6.61 Å². The summed E-state index contributed by atoms with van der Waals surface area (Å²) in [5, 5.41) is 12.0. The molecule has 0 saturated carbocycles. The van der Waals surface area contributed by atoms with E-state index in [9.17, 15) is 9.59 Å². The minimum absolute atomic E-state index is 0.112. The van der Waals surface area contributed by atoms with Crippen LogP contribution in [0, 0.1) is 5.92 Å². The zero-order valence-electron chi connectivity index (χ0n) is 11.3. The van der Waals surface area contributed by atoms with Crippen LogP contribution < -0.4 is 10.1 Å². The second-order valence-electron chi connectivity index (χ2n) is 4.37. The van der Waals surface area contributed by atoms with Crippen LogP contribution in [0.1, 0.15) is 19.8 Å². The van der Waals surface area contributed by atoms with E-state index in [1.807, 2.05) is 6.92 Å². The van der Waals surface area contributed by atoms with Crippen LogP contribution in [0.2, 0.25) is 5.02 Å². The lowest BCUT2D eigenvalue weighted by Crippen LogP contribution is -2.35. The van der Waals surface area contributed by atoms with Crippen molar-refractivity contribution >= 4 is 23.5 Å². The lowest BCUT2D eigenvalue weighted by molar-refractivity contribution is -0.142. The predicted molar refractivity (Wildman–Crippen MR) is 76.0 cm³/mol. The molecule has 1 atom stereocenters. The summed E-state index contributed by atoms with van der Waals surface area (Å²) in [5.74, 6) is -1.32. The molecule has 0 aliphatic rings. The molecule has 1 aromatic rings. The van der Waals surface area contributed by atoms with Gasteiger partial charge >= 0.3 is 5.97 Å². The van der Waals surface area contributed by atoms with Crippen molar-refractivity contribution in [1.82, 2.24) is 5.32 Å². The van der Waals surface area contributed by atoms with Crippen molar-refractivity contribution in [2.45, 2.75) is 19.8 Å². The monoisotopic (exact) mass is 299 g/mol. The lowest BCUT2D eigenvalue weighted by atomic mass is 10.0. The Labute approximate surface area is 122 Å². The van der Waals surface area contributed by atoms with Gasteiger partial charge in [-0.2, -0.15) is 0 Å². The number of benzene rings is 1. The van der Waals surface area contributed by atoms with Crippen LogP contribution in [-0.2, 0) is 9.59 Å². The Morgan fingerprint density at radius 2 is 2.20 bits per heavy atom. The topological polar surface area (TPSA) is 75.6 Å². The maximum atomic E-state index is 11.6. The van der Waals surface area contributed by atoms with Crippen molar-refractivity contribution in [3.05, 3.63) is 29.3 Å². The predicted octanol–water partition coefficient (Wildman–Crippen LogP) is 2.34. The maximum absolute atomic E-state index is 11.6. The Morgan fingerprint density at radius 3 is 2.80 bits per heavy atom. The van der Waals surface area contributed by atoms with E-state index >= 15 is 0 Å². The average Bonchev–Trinajstić information content (AvgIpc) is 2.41. The number of carbonyl (C=O) groups excluding carboxylic acids is 1. The fourth-order valence-corrected chi connectivity index (χ4v) is 1.84. The first kappa shape index (κ1) is 16.3. The molecule has 20 heavy (non-hydrogen) atoms. The molecule has 1 amide bonds. The molecule has 0 bridgehead atoms. The van der Waals surface area contributed by atoms with Crippen LogP contribution in [-0.4, -0.2) is 30.1 Å². The molecule has 0 aliphatic heterocycles. The van der Waals surface area contributed by atoms with Gasteiger partial charge in [0.2, 0.25) is 0 Å². The molecule has 0 fully saturated rings. The van der Waals surface area contributed by atoms with Crippen LogP contribution in [0.5, 0.6) is 5.75 Å². The first-order chi connectivity index (χ1) is 9.52. The van der Waals surface area contributed by atoms with Gasteiger partial charge in [-0.25, -0.2) is 0 Å². The third kappa shape index (κ3) is 5.93. The number of ether oxygens (including phenoxy) is 1. The highest BCUT2D eigenvalue weighted by Crippen LogP contribution is 2.16. The van der Waals surface area contributed by atoms with E-state index in [2.05, 4.69) is 5.32 Å². The number of nitrogens with one attached hydrogen (secondary N) is 1. The number of rotatable bonds is 8. The van der Waals surface area contributed by atoms with Gasteiger partial charge in [0.05, 0.1) is 5.92 Å². The zero-order valence-corrected chi connectivity index (χ0v) is 12.0. The van der Waals surface area contributed by atoms with Crippen molar-refractivity contribution in [3.63, 3.8) is 0 Å². The van der Waals surface area contributed by atoms with Crippen LogP contribution in [0.25, 0.3) is 0 Å². The third-order valence-electron chi connectivity index (χ3n) is 2.70. The van der Waals surface area contributed by atoms with E-state index in [1.54, 1.807) is 24.3 Å². The highest BCUT2D eigenvalue weighted by molar-refractivity contribution is 6.30. The first-order valence-electron chi connectivity index (χ1n) is 6.40. The van der Waals surface area contributed by atoms with Gasteiger partial charge in [0.25, 0.3) is 5.91 Å². The quantitative estimate of drug-likeness (QED) is 0.772. The summed E-state index contributed by atoms with van der Waals surface area (Å²) < 4.78 is 5.26. The molecule has 0 aliphatic carbocycles. The number of carboxylic acid groups (broad SMARTS) is 1. The molecule has 6 heteroatoms. The summed E-state index contributed by atoms with van der Waals surface area (Å²) in [6, 6.07) is 6.72. The van der Waals surface area contributed by atoms with Crippen molar-refractivity contribution < 1.29 is 19.4 Å². The normalized spacial score (nSPS) is 11.7. The Morgan fingerprint density at radius 1 is 1.45 bits per heavy atom. The SMILES string of the molecule is CCCC(CNC(=O)COc1cccc(Cl)c1)C(=O)O. The van der Waals surface area contributed by atoms with Crippen molar-refractivity contribution in [3.8, 4) is 5.75 Å². The van der Waals surface area contributed by atoms with Crippen LogP contribution in [0.15, 0.2) is 24.3 Å². The van der Waals surface area contributed by atoms with Crippen LogP contribution in [0.3, 0.4) is 0 Å². The fourth-order valence-electron chi connectivity index (χ4n) is 1.66. The second kappa shape index (κ2) is 8.43. The average molecular weight is 300 g/mol. The number of hydrogen-bond acceptors (Lipinski definition) is 3. The van der Waals surface area contributed by atoms with Gasteiger partial charge in [-0.05, 0) is 24.6 Å². The molecule has 5 nitrogen and oxygen atoms in total. The van der Waals surface area contributed by atoms with Crippen LogP contribution >= 0.6 is 11.6 Å². The van der Waals surface area contributed by atoms with E-state index < -0.39 is 11.9 Å². The summed E-state index contributed by atoms with van der Waals surface area (Å²) in [6.07, 6.45) is 1.29. The fraction of sp³-hybridized carbons (Fsp3) is 0.429. The molecule has 0 heterocycles. The van der Waals surface area contributed by atoms with E-state index in [4.69, 9.17) is 21.4 Å². The lowest BCUT2D eigenvalue weighted by Gasteiger charge is -2.12. The van der Waals surface area contributed by atoms with Crippen molar-refractivity contribution in [2.24, 2.45) is 5.92 Å². The standard InChI is InChI=1S/C14H18ClNO4/c1-2-4-10(14(18)19)8-16-13(17)9-20-12-6-3-5-11(15)7-12/h3,5-7,10H,2,4,8-9H2,1H3,(H,16,17)(H,18,19). The molecule has 0 radical (unpaired) electrons. The molecule has 0 spiro atoms. The molecular formula is C14H18ClNO4. The number of halogens is 1. The van der Waals surface area contributed by atoms with Gasteiger partial charge in [0, 0.05) is 11.6 Å². The van der Waals surface area contributed by atoms with Gasteiger partial charge in [0.1, 0.15) is 5.75 Å². The number of amides is 1. The molecule has 1 rings (SSSR count). The van der Waals surface area contributed by atoms with E-state index in [-0.39, 0.29) is 19.1 Å². The molecule has 110 valence electrons. The molecular weight excluding hydrogens is 282 g/mol. The number of carbonyl (C=O) groups is 2. The minimum Gasteiger partial charge on any atom is -0.484 e. The van der Waals surface area contributed by atoms with Crippen molar-refractivity contribution in [1.29, 1.82) is 0 Å². The maximum Gasteiger partial charge on any atom is 0.308 e. The highest BCUT2D eigenvalue weighted by atomic mass is 35.5. The molecule has 1 unspecified atom stereocenters. The molecule has 1 aromatic carbocycles. The zero-order chi connectivity index (χ0) is 15.0. The summed E-state index contributed by atoms with van der Waals surface area (Å²) in [4.78, 5) is 22.5. The number of hydrogen-bond donors (Lipinski definition) is 2. The Kier molecular flexibility index (Phi) is 6.87. The number of carboxylic acids is 1. The smallest absolute Gasteiger partial charge is 0.308 e. The van der Waals surface area contributed by atoms with Crippen molar-refractivity contribution in [2.75, 3.05) is 13.2 Å². The highest BCUT2D eigenvalue weighted by Gasteiger charge is 2.17. The third-order valence-corrected chi connectivity index (χ3v) is 2.93. The Balaban J connectivity index is 2.34. The molecule has 2 N–H and O–H groups in total. The molecule has 0 aromatic heterocycles. The summed E-state index contributed by atoms with van der Waals surface area (Å²) in [5.41, 5.74) is 0. The van der Waals surface area contributed by atoms with Gasteiger partial charge < -0.3 is 15.2 Å². The number of aliphatic carboxylic acids is 1. The molecule has 0 saturated heterocycles. The minimum atomic E-state index is -0.900. The van der Waals surface area contributed by atoms with E-state index in [0.717, 1.165) is 6.42 Å². The summed E-state index contributed by atoms with van der Waals surface area (Å²) in [7, 11) is 0. The summed E-state index contributed by atoms with van der Waals surface area (Å²) in [6.45, 7) is 1.85. The first-order valence-corrected chi connectivity index (χ1v) is 6.78. The van der Waals surface area contributed by atoms with Gasteiger partial charge in [-0.3, -0.25) is 9.59 Å². The van der Waals surface area contributed by atoms with Gasteiger partial charge in [-0.15, -0.1) is 0 Å².